The highest BCUT2D eigenvalue weighted by molar-refractivity contribution is 7.46. The van der Waals surface area contributed by atoms with Crippen LogP contribution in [-0.2, 0) is 28.2 Å². The van der Waals surface area contributed by atoms with Crippen LogP contribution in [0.5, 0.6) is 0 Å². The molecule has 2 N–H and O–H groups in total. The van der Waals surface area contributed by atoms with E-state index in [1.54, 1.807) is 0 Å². The molecule has 0 spiro atoms. The van der Waals surface area contributed by atoms with Crippen molar-refractivity contribution in [3.63, 3.8) is 0 Å². The molecule has 0 saturated carbocycles. The van der Waals surface area contributed by atoms with Gasteiger partial charge in [0.15, 0.2) is 6.10 Å². The minimum atomic E-state index is -4.74. The average Bonchev–Trinajstić information content (AvgIpc) is 2.95. The third-order valence-electron chi connectivity index (χ3n) is 6.97. The van der Waals surface area contributed by atoms with Gasteiger partial charge in [-0.05, 0) is 44.9 Å². The number of carbonyl (C=O) groups is 2. The first-order valence-electron chi connectivity index (χ1n) is 16.6. The standard InChI is InChI=1S/C33H61O8P/c1-3-5-7-9-11-13-14-15-16-17-18-20-21-23-25-27-32(34)39-29-31(30-40-42(36,37)38)41-33(35)28-26-24-22-19-12-10-8-6-4-2/h11,13,15-16,31H,3-10,12,14,17-30H2,1-2H3,(H2,36,37,38)/b13-11+,16-15+/t31-/m1/s1. The Morgan fingerprint density at radius 1 is 0.619 bits per heavy atom. The summed E-state index contributed by atoms with van der Waals surface area (Å²) in [5.74, 6) is -0.904. The quantitative estimate of drug-likeness (QED) is 0.0355. The number of unbranched alkanes of at least 4 members (excludes halogenated alkanes) is 16. The molecule has 0 aromatic heterocycles. The van der Waals surface area contributed by atoms with Crippen LogP contribution >= 0.6 is 7.82 Å². The Balaban J connectivity index is 4.02. The van der Waals surface area contributed by atoms with Gasteiger partial charge in [0.2, 0.25) is 0 Å². The Bertz CT molecular complexity index is 746. The zero-order chi connectivity index (χ0) is 31.2. The van der Waals surface area contributed by atoms with Gasteiger partial charge >= 0.3 is 19.8 Å². The maximum atomic E-state index is 12.2. The lowest BCUT2D eigenvalue weighted by Crippen LogP contribution is -2.29. The van der Waals surface area contributed by atoms with Crippen LogP contribution in [0.15, 0.2) is 24.3 Å². The van der Waals surface area contributed by atoms with E-state index in [-0.39, 0.29) is 19.4 Å². The maximum absolute atomic E-state index is 12.2. The molecule has 0 saturated heterocycles. The number of ether oxygens (including phenoxy) is 2. The van der Waals surface area contributed by atoms with Gasteiger partial charge in [-0.25, -0.2) is 4.57 Å². The van der Waals surface area contributed by atoms with E-state index in [0.717, 1.165) is 57.8 Å². The van der Waals surface area contributed by atoms with E-state index in [4.69, 9.17) is 19.3 Å². The number of hydrogen-bond acceptors (Lipinski definition) is 6. The first-order valence-corrected chi connectivity index (χ1v) is 18.2. The number of phosphoric ester groups is 1. The third kappa shape index (κ3) is 31.5. The molecule has 0 bridgehead atoms. The molecule has 0 fully saturated rings. The van der Waals surface area contributed by atoms with E-state index in [1.807, 2.05) is 0 Å². The van der Waals surface area contributed by atoms with Gasteiger partial charge < -0.3 is 19.3 Å². The summed E-state index contributed by atoms with van der Waals surface area (Å²) in [5, 5.41) is 0. The summed E-state index contributed by atoms with van der Waals surface area (Å²) in [7, 11) is -4.74. The Hall–Kier alpha value is -1.47. The van der Waals surface area contributed by atoms with Crippen LogP contribution in [-0.4, -0.2) is 41.0 Å². The molecule has 0 rings (SSSR count). The van der Waals surface area contributed by atoms with Gasteiger partial charge in [0.05, 0.1) is 6.61 Å². The molecule has 246 valence electrons. The van der Waals surface area contributed by atoms with Gasteiger partial charge in [-0.2, -0.15) is 0 Å². The summed E-state index contributed by atoms with van der Waals surface area (Å²) in [6.07, 6.45) is 30.5. The van der Waals surface area contributed by atoms with Gasteiger partial charge in [0.1, 0.15) is 6.61 Å². The molecule has 0 aliphatic heterocycles. The van der Waals surface area contributed by atoms with E-state index in [0.29, 0.717) is 12.8 Å². The molecule has 0 aromatic rings. The van der Waals surface area contributed by atoms with Crippen molar-refractivity contribution < 1.29 is 37.9 Å². The Morgan fingerprint density at radius 2 is 1.07 bits per heavy atom. The number of phosphoric acid groups is 1. The summed E-state index contributed by atoms with van der Waals surface area (Å²) < 4.78 is 26.1. The molecule has 0 aromatic carbocycles. The molecular formula is C33H61O8P. The maximum Gasteiger partial charge on any atom is 0.469 e. The summed E-state index contributed by atoms with van der Waals surface area (Å²) >= 11 is 0. The fourth-order valence-electron chi connectivity index (χ4n) is 4.46. The lowest BCUT2D eigenvalue weighted by Gasteiger charge is -2.18. The Labute approximate surface area is 256 Å². The summed E-state index contributed by atoms with van der Waals surface area (Å²) in [5.41, 5.74) is 0. The molecule has 9 heteroatoms. The lowest BCUT2D eigenvalue weighted by atomic mass is 10.1. The van der Waals surface area contributed by atoms with Gasteiger partial charge in [0, 0.05) is 12.8 Å². The molecule has 0 aliphatic rings. The molecule has 0 heterocycles. The fraction of sp³-hybridized carbons (Fsp3) is 0.818. The minimum absolute atomic E-state index is 0.210. The van der Waals surface area contributed by atoms with Crippen molar-refractivity contribution in [1.82, 2.24) is 0 Å². The number of allylic oxidation sites excluding steroid dienone is 4. The minimum Gasteiger partial charge on any atom is -0.462 e. The molecule has 8 nitrogen and oxygen atoms in total. The van der Waals surface area contributed by atoms with Gasteiger partial charge in [-0.15, -0.1) is 0 Å². The second-order valence-corrected chi connectivity index (χ2v) is 12.4. The second kappa shape index (κ2) is 29.6. The second-order valence-electron chi connectivity index (χ2n) is 11.1. The Kier molecular flexibility index (Phi) is 28.6. The number of rotatable bonds is 30. The molecule has 1 atom stereocenters. The van der Waals surface area contributed by atoms with Gasteiger partial charge in [0.25, 0.3) is 0 Å². The van der Waals surface area contributed by atoms with Crippen molar-refractivity contribution in [3.05, 3.63) is 24.3 Å². The van der Waals surface area contributed by atoms with Crippen LogP contribution in [0.4, 0.5) is 0 Å². The number of carbonyl (C=O) groups excluding carboxylic acids is 2. The van der Waals surface area contributed by atoms with Crippen LogP contribution in [0.1, 0.15) is 155 Å². The highest BCUT2D eigenvalue weighted by atomic mass is 31.2. The van der Waals surface area contributed by atoms with Crippen LogP contribution in [0.3, 0.4) is 0 Å². The van der Waals surface area contributed by atoms with Crippen LogP contribution in [0.25, 0.3) is 0 Å². The largest absolute Gasteiger partial charge is 0.469 e. The topological polar surface area (TPSA) is 119 Å². The molecule has 0 unspecified atom stereocenters. The molecular weight excluding hydrogens is 555 g/mol. The summed E-state index contributed by atoms with van der Waals surface area (Å²) in [4.78, 5) is 42.4. The highest BCUT2D eigenvalue weighted by Gasteiger charge is 2.22. The number of hydrogen-bond donors (Lipinski definition) is 2. The van der Waals surface area contributed by atoms with E-state index in [1.165, 1.54) is 57.8 Å². The Morgan fingerprint density at radius 3 is 1.62 bits per heavy atom. The molecule has 42 heavy (non-hydrogen) atoms. The normalized spacial score (nSPS) is 12.8. The summed E-state index contributed by atoms with van der Waals surface area (Å²) in [6, 6.07) is 0. The van der Waals surface area contributed by atoms with Crippen LogP contribution in [0.2, 0.25) is 0 Å². The van der Waals surface area contributed by atoms with Crippen molar-refractivity contribution in [2.75, 3.05) is 13.2 Å². The average molecular weight is 617 g/mol. The summed E-state index contributed by atoms with van der Waals surface area (Å²) in [6.45, 7) is 3.59. The van der Waals surface area contributed by atoms with Crippen molar-refractivity contribution in [2.24, 2.45) is 0 Å². The first-order chi connectivity index (χ1) is 20.3. The lowest BCUT2D eigenvalue weighted by molar-refractivity contribution is -0.161. The molecule has 0 radical (unpaired) electrons. The van der Waals surface area contributed by atoms with E-state index >= 15 is 0 Å². The van der Waals surface area contributed by atoms with Gasteiger partial charge in [-0.1, -0.05) is 122 Å². The SMILES string of the molecule is CCCCC/C=C/C/C=C/CCCCCCCC(=O)OC[C@H](COP(=O)(O)O)OC(=O)CCCCCCCCCCC. The van der Waals surface area contributed by atoms with Crippen molar-refractivity contribution in [2.45, 2.75) is 161 Å². The first kappa shape index (κ1) is 40.5. The van der Waals surface area contributed by atoms with E-state index in [9.17, 15) is 14.2 Å². The van der Waals surface area contributed by atoms with Gasteiger partial charge in [-0.3, -0.25) is 14.1 Å². The smallest absolute Gasteiger partial charge is 0.462 e. The predicted octanol–water partition coefficient (Wildman–Crippen LogP) is 9.29. The van der Waals surface area contributed by atoms with Crippen molar-refractivity contribution in [3.8, 4) is 0 Å². The fourth-order valence-corrected chi connectivity index (χ4v) is 4.82. The van der Waals surface area contributed by atoms with Crippen molar-refractivity contribution >= 4 is 19.8 Å². The van der Waals surface area contributed by atoms with E-state index in [2.05, 4.69) is 42.7 Å². The predicted molar refractivity (Wildman–Crippen MR) is 170 cm³/mol. The molecule has 0 amide bonds. The van der Waals surface area contributed by atoms with E-state index < -0.39 is 32.5 Å². The van der Waals surface area contributed by atoms with Crippen molar-refractivity contribution in [1.29, 1.82) is 0 Å². The monoisotopic (exact) mass is 616 g/mol. The number of esters is 2. The highest BCUT2D eigenvalue weighted by Crippen LogP contribution is 2.35. The van der Waals surface area contributed by atoms with Crippen LogP contribution < -0.4 is 0 Å². The molecule has 0 aliphatic carbocycles. The zero-order valence-corrected chi connectivity index (χ0v) is 27.5. The van der Waals surface area contributed by atoms with Crippen LogP contribution in [0, 0.1) is 0 Å². The third-order valence-corrected chi connectivity index (χ3v) is 7.46. The zero-order valence-electron chi connectivity index (χ0n) is 26.6.